The first-order valence-corrected chi connectivity index (χ1v) is 6.95. The first-order valence-electron chi connectivity index (χ1n) is 6.55. The van der Waals surface area contributed by atoms with Crippen LogP contribution in [0.4, 0.5) is 0 Å². The van der Waals surface area contributed by atoms with Crippen LogP contribution in [-0.4, -0.2) is 9.55 Å². The second-order valence-corrected chi connectivity index (χ2v) is 5.87. The smallest absolute Gasteiger partial charge is 0.177 e. The molecule has 0 spiro atoms. The second-order valence-electron chi connectivity index (χ2n) is 5.48. The van der Waals surface area contributed by atoms with Gasteiger partial charge in [0, 0.05) is 18.4 Å². The summed E-state index contributed by atoms with van der Waals surface area (Å²) in [5.41, 5.74) is 1.37. The van der Waals surface area contributed by atoms with Crippen LogP contribution in [-0.2, 0) is 13.0 Å². The topological polar surface area (TPSA) is 20.7 Å². The Hall–Kier alpha value is -0.570. The van der Waals surface area contributed by atoms with Crippen molar-refractivity contribution in [1.82, 2.24) is 9.55 Å². The molecule has 2 nitrogen and oxygen atoms in total. The van der Waals surface area contributed by atoms with Crippen LogP contribution in [0.15, 0.2) is 6.20 Å². The number of aromatic amines is 1. The minimum absolute atomic E-state index is 0.895. The minimum Gasteiger partial charge on any atom is -0.337 e. The van der Waals surface area contributed by atoms with Crippen molar-refractivity contribution in [2.24, 2.45) is 17.8 Å². The SMILES string of the molecule is CCc1c[nH]c(=S)n1CC1CC2CCC1C2. The van der Waals surface area contributed by atoms with E-state index in [1.807, 2.05) is 0 Å². The lowest BCUT2D eigenvalue weighted by Gasteiger charge is -2.22. The first-order chi connectivity index (χ1) is 7.78. The molecule has 1 N–H and O–H groups in total. The van der Waals surface area contributed by atoms with Gasteiger partial charge in [0.05, 0.1) is 0 Å². The summed E-state index contributed by atoms with van der Waals surface area (Å²) < 4.78 is 3.25. The highest BCUT2D eigenvalue weighted by atomic mass is 32.1. The predicted octanol–water partition coefficient (Wildman–Crippen LogP) is 3.54. The highest BCUT2D eigenvalue weighted by Crippen LogP contribution is 2.48. The molecule has 2 aliphatic carbocycles. The molecule has 3 heteroatoms. The average molecular weight is 236 g/mol. The summed E-state index contributed by atoms with van der Waals surface area (Å²) in [6.45, 7) is 3.36. The summed E-state index contributed by atoms with van der Waals surface area (Å²) in [5.74, 6) is 2.92. The molecule has 0 aromatic carbocycles. The molecule has 3 rings (SSSR count). The standard InChI is InChI=1S/C13H20N2S/c1-2-12-7-14-13(16)15(12)8-11-6-9-3-4-10(11)5-9/h7,9-11H,2-6,8H2,1H3,(H,14,16). The quantitative estimate of drug-likeness (QED) is 0.796. The number of imidazole rings is 1. The molecule has 16 heavy (non-hydrogen) atoms. The van der Waals surface area contributed by atoms with E-state index in [9.17, 15) is 0 Å². The molecular weight excluding hydrogens is 216 g/mol. The minimum atomic E-state index is 0.895. The maximum Gasteiger partial charge on any atom is 0.177 e. The molecule has 0 aliphatic heterocycles. The normalized spacial score (nSPS) is 32.4. The number of aromatic nitrogens is 2. The van der Waals surface area contributed by atoms with E-state index in [0.29, 0.717) is 0 Å². The molecule has 1 aromatic rings. The molecule has 3 atom stereocenters. The van der Waals surface area contributed by atoms with Gasteiger partial charge in [-0.2, -0.15) is 0 Å². The van der Waals surface area contributed by atoms with Gasteiger partial charge in [-0.05, 0) is 55.7 Å². The van der Waals surface area contributed by atoms with Gasteiger partial charge in [-0.25, -0.2) is 0 Å². The molecule has 0 radical (unpaired) electrons. The predicted molar refractivity (Wildman–Crippen MR) is 67.9 cm³/mol. The Morgan fingerprint density at radius 2 is 2.31 bits per heavy atom. The first kappa shape index (κ1) is 10.6. The molecule has 1 aromatic heterocycles. The molecule has 2 fully saturated rings. The van der Waals surface area contributed by atoms with Gasteiger partial charge in [0.2, 0.25) is 0 Å². The fourth-order valence-corrected chi connectivity index (χ4v) is 4.01. The summed E-state index contributed by atoms with van der Waals surface area (Å²) in [7, 11) is 0. The number of nitrogens with one attached hydrogen (secondary N) is 1. The van der Waals surface area contributed by atoms with Gasteiger partial charge in [-0.1, -0.05) is 13.3 Å². The zero-order chi connectivity index (χ0) is 11.1. The monoisotopic (exact) mass is 236 g/mol. The molecule has 2 aliphatic rings. The van der Waals surface area contributed by atoms with E-state index < -0.39 is 0 Å². The number of aryl methyl sites for hydroxylation is 1. The summed E-state index contributed by atoms with van der Waals surface area (Å²) in [5, 5.41) is 0. The lowest BCUT2D eigenvalue weighted by molar-refractivity contribution is 0.292. The summed E-state index contributed by atoms with van der Waals surface area (Å²) >= 11 is 5.37. The molecular formula is C13H20N2S. The largest absolute Gasteiger partial charge is 0.337 e. The van der Waals surface area contributed by atoms with Crippen LogP contribution < -0.4 is 0 Å². The van der Waals surface area contributed by atoms with E-state index in [1.54, 1.807) is 0 Å². The van der Waals surface area contributed by atoms with Gasteiger partial charge in [-0.15, -0.1) is 0 Å². The summed E-state index contributed by atoms with van der Waals surface area (Å²) in [6, 6.07) is 0. The molecule has 88 valence electrons. The third-order valence-electron chi connectivity index (χ3n) is 4.62. The van der Waals surface area contributed by atoms with Crippen LogP contribution in [0, 0.1) is 22.5 Å². The van der Waals surface area contributed by atoms with Gasteiger partial charge >= 0.3 is 0 Å². The maximum absolute atomic E-state index is 5.37. The van der Waals surface area contributed by atoms with Crippen LogP contribution >= 0.6 is 12.2 Å². The van der Waals surface area contributed by atoms with E-state index in [2.05, 4.69) is 22.7 Å². The number of hydrogen-bond donors (Lipinski definition) is 1. The highest BCUT2D eigenvalue weighted by molar-refractivity contribution is 7.71. The lowest BCUT2D eigenvalue weighted by atomic mass is 9.89. The van der Waals surface area contributed by atoms with Crippen LogP contribution in [0.25, 0.3) is 0 Å². The molecule has 3 unspecified atom stereocenters. The summed E-state index contributed by atoms with van der Waals surface area (Å²) in [4.78, 5) is 3.18. The van der Waals surface area contributed by atoms with Crippen LogP contribution in [0.5, 0.6) is 0 Å². The van der Waals surface area contributed by atoms with E-state index in [4.69, 9.17) is 12.2 Å². The Morgan fingerprint density at radius 3 is 2.94 bits per heavy atom. The fraction of sp³-hybridized carbons (Fsp3) is 0.769. The number of hydrogen-bond acceptors (Lipinski definition) is 1. The van der Waals surface area contributed by atoms with E-state index in [0.717, 1.165) is 35.5 Å². The van der Waals surface area contributed by atoms with Gasteiger partial charge < -0.3 is 9.55 Å². The molecule has 2 bridgehead atoms. The van der Waals surface area contributed by atoms with Crippen molar-refractivity contribution in [2.75, 3.05) is 0 Å². The Labute approximate surface area is 102 Å². The van der Waals surface area contributed by atoms with Gasteiger partial charge in [0.1, 0.15) is 0 Å². The van der Waals surface area contributed by atoms with E-state index in [-0.39, 0.29) is 0 Å². The zero-order valence-corrected chi connectivity index (χ0v) is 10.7. The van der Waals surface area contributed by atoms with Gasteiger partial charge in [0.15, 0.2) is 4.77 Å². The average Bonchev–Trinajstić information content (AvgIpc) is 2.96. The third kappa shape index (κ3) is 1.65. The van der Waals surface area contributed by atoms with Gasteiger partial charge in [0.25, 0.3) is 0 Å². The van der Waals surface area contributed by atoms with Gasteiger partial charge in [-0.3, -0.25) is 0 Å². The summed E-state index contributed by atoms with van der Waals surface area (Å²) in [6.07, 6.45) is 9.04. The molecule has 1 heterocycles. The fourth-order valence-electron chi connectivity index (χ4n) is 3.76. The van der Waals surface area contributed by atoms with Crippen molar-refractivity contribution in [1.29, 1.82) is 0 Å². The van der Waals surface area contributed by atoms with Crippen LogP contribution in [0.1, 0.15) is 38.3 Å². The van der Waals surface area contributed by atoms with Crippen molar-refractivity contribution in [3.05, 3.63) is 16.7 Å². The Balaban J connectivity index is 1.79. The highest BCUT2D eigenvalue weighted by Gasteiger charge is 2.39. The zero-order valence-electron chi connectivity index (χ0n) is 9.91. The van der Waals surface area contributed by atoms with Crippen molar-refractivity contribution in [2.45, 2.75) is 45.6 Å². The number of nitrogens with zero attached hydrogens (tertiary/aromatic N) is 1. The van der Waals surface area contributed by atoms with Crippen molar-refractivity contribution < 1.29 is 0 Å². The Kier molecular flexibility index (Phi) is 2.66. The van der Waals surface area contributed by atoms with Crippen molar-refractivity contribution >= 4 is 12.2 Å². The van der Waals surface area contributed by atoms with E-state index >= 15 is 0 Å². The lowest BCUT2D eigenvalue weighted by Crippen LogP contribution is -2.18. The van der Waals surface area contributed by atoms with Crippen molar-refractivity contribution in [3.63, 3.8) is 0 Å². The third-order valence-corrected chi connectivity index (χ3v) is 4.96. The molecule has 0 amide bonds. The number of H-pyrrole nitrogens is 1. The second kappa shape index (κ2) is 4.02. The van der Waals surface area contributed by atoms with E-state index in [1.165, 1.54) is 31.4 Å². The van der Waals surface area contributed by atoms with Crippen LogP contribution in [0.3, 0.4) is 0 Å². The number of rotatable bonds is 3. The molecule has 2 saturated carbocycles. The molecule has 0 saturated heterocycles. The van der Waals surface area contributed by atoms with Crippen molar-refractivity contribution in [3.8, 4) is 0 Å². The number of fused-ring (bicyclic) bond motifs is 2. The Morgan fingerprint density at radius 1 is 1.44 bits per heavy atom. The Bertz CT molecular complexity index is 431. The van der Waals surface area contributed by atoms with Crippen LogP contribution in [0.2, 0.25) is 0 Å². The maximum atomic E-state index is 5.37.